The van der Waals surface area contributed by atoms with Gasteiger partial charge in [-0.2, -0.15) is 0 Å². The Balaban J connectivity index is 2.24. The number of ether oxygens (including phenoxy) is 1. The summed E-state index contributed by atoms with van der Waals surface area (Å²) in [7, 11) is 1.27. The van der Waals surface area contributed by atoms with E-state index in [0.29, 0.717) is 0 Å². The molecule has 0 saturated heterocycles. The van der Waals surface area contributed by atoms with Crippen LogP contribution in [0.2, 0.25) is 0 Å². The predicted molar refractivity (Wildman–Crippen MR) is 71.2 cm³/mol. The van der Waals surface area contributed by atoms with Gasteiger partial charge in [0.15, 0.2) is 0 Å². The minimum absolute atomic E-state index is 0.0537. The van der Waals surface area contributed by atoms with E-state index in [2.05, 4.69) is 15.8 Å². The molecule has 1 aliphatic carbocycles. The zero-order valence-electron chi connectivity index (χ0n) is 10.5. The lowest BCUT2D eigenvalue weighted by molar-refractivity contribution is 0.0598. The van der Waals surface area contributed by atoms with Gasteiger partial charge in [-0.1, -0.05) is 24.3 Å². The average Bonchev–Trinajstić information content (AvgIpc) is 2.45. The molecule has 96 valence electrons. The average molecular weight is 255 g/mol. The van der Waals surface area contributed by atoms with E-state index in [1.165, 1.54) is 12.7 Å². The standard InChI is InChI=1S/C15H13NO3/c1-19-15(18)12-8-11-10-5-3-2-4-9(10)6-7-13(11)16-14(12)17/h2-5,8H,6-7H2,1H3,(H,16,17). The number of pyridine rings is 1. The van der Waals surface area contributed by atoms with Crippen molar-refractivity contribution < 1.29 is 9.53 Å². The molecule has 1 aliphatic rings. The van der Waals surface area contributed by atoms with Crippen LogP contribution >= 0.6 is 0 Å². The molecular weight excluding hydrogens is 242 g/mol. The Bertz CT molecular complexity index is 716. The Morgan fingerprint density at radius 3 is 2.79 bits per heavy atom. The number of hydrogen-bond acceptors (Lipinski definition) is 3. The summed E-state index contributed by atoms with van der Waals surface area (Å²) in [5.74, 6) is -0.605. The van der Waals surface area contributed by atoms with Crippen LogP contribution in [0, 0.1) is 0 Å². The van der Waals surface area contributed by atoms with Crippen LogP contribution in [0.25, 0.3) is 11.1 Å². The highest BCUT2D eigenvalue weighted by Crippen LogP contribution is 2.31. The maximum atomic E-state index is 11.8. The second-order valence-corrected chi connectivity index (χ2v) is 4.55. The molecule has 1 aromatic carbocycles. The number of carbonyl (C=O) groups excluding carboxylic acids is 1. The van der Waals surface area contributed by atoms with Crippen molar-refractivity contribution >= 4 is 5.97 Å². The molecule has 2 aromatic rings. The normalized spacial score (nSPS) is 12.5. The van der Waals surface area contributed by atoms with Crippen molar-refractivity contribution in [2.24, 2.45) is 0 Å². The lowest BCUT2D eigenvalue weighted by atomic mass is 9.88. The molecule has 1 heterocycles. The molecule has 0 unspecified atom stereocenters. The molecule has 1 aromatic heterocycles. The van der Waals surface area contributed by atoms with E-state index in [0.717, 1.165) is 29.7 Å². The van der Waals surface area contributed by atoms with Gasteiger partial charge < -0.3 is 9.72 Å². The Hall–Kier alpha value is -2.36. The van der Waals surface area contributed by atoms with Crippen LogP contribution in [0.15, 0.2) is 35.1 Å². The van der Waals surface area contributed by atoms with Crippen molar-refractivity contribution in [3.05, 3.63) is 57.5 Å². The summed E-state index contributed by atoms with van der Waals surface area (Å²) >= 11 is 0. The molecule has 3 rings (SSSR count). The number of hydrogen-bond donors (Lipinski definition) is 1. The van der Waals surface area contributed by atoms with Crippen molar-refractivity contribution in [1.29, 1.82) is 0 Å². The van der Waals surface area contributed by atoms with Crippen LogP contribution in [0.5, 0.6) is 0 Å². The highest BCUT2D eigenvalue weighted by molar-refractivity contribution is 5.91. The van der Waals surface area contributed by atoms with Crippen LogP contribution in [0.1, 0.15) is 21.6 Å². The molecular formula is C15H13NO3. The smallest absolute Gasteiger partial charge is 0.343 e. The van der Waals surface area contributed by atoms with Gasteiger partial charge in [-0.3, -0.25) is 4.79 Å². The number of aryl methyl sites for hydroxylation is 2. The van der Waals surface area contributed by atoms with Crippen molar-refractivity contribution in [3.8, 4) is 11.1 Å². The van der Waals surface area contributed by atoms with E-state index in [1.54, 1.807) is 6.07 Å². The highest BCUT2D eigenvalue weighted by atomic mass is 16.5. The van der Waals surface area contributed by atoms with Gasteiger partial charge in [-0.25, -0.2) is 4.79 Å². The third-order valence-corrected chi connectivity index (χ3v) is 3.48. The minimum Gasteiger partial charge on any atom is -0.465 e. The number of carbonyl (C=O) groups is 1. The number of H-pyrrole nitrogens is 1. The number of rotatable bonds is 1. The first-order valence-corrected chi connectivity index (χ1v) is 6.13. The summed E-state index contributed by atoms with van der Waals surface area (Å²) in [6, 6.07) is 9.67. The fourth-order valence-corrected chi connectivity index (χ4v) is 2.53. The maximum absolute atomic E-state index is 11.8. The van der Waals surface area contributed by atoms with Gasteiger partial charge in [-0.15, -0.1) is 0 Å². The number of aromatic amines is 1. The predicted octanol–water partition coefficient (Wildman–Crippen LogP) is 1.93. The lowest BCUT2D eigenvalue weighted by Crippen LogP contribution is -2.22. The molecule has 0 aliphatic heterocycles. The van der Waals surface area contributed by atoms with Gasteiger partial charge >= 0.3 is 5.97 Å². The number of methoxy groups -OCH3 is 1. The van der Waals surface area contributed by atoms with Crippen molar-refractivity contribution in [3.63, 3.8) is 0 Å². The van der Waals surface area contributed by atoms with Gasteiger partial charge in [0.2, 0.25) is 0 Å². The highest BCUT2D eigenvalue weighted by Gasteiger charge is 2.20. The molecule has 0 atom stereocenters. The maximum Gasteiger partial charge on any atom is 0.343 e. The summed E-state index contributed by atoms with van der Waals surface area (Å²) in [4.78, 5) is 26.2. The second kappa shape index (κ2) is 4.39. The molecule has 0 amide bonds. The molecule has 19 heavy (non-hydrogen) atoms. The first-order valence-electron chi connectivity index (χ1n) is 6.13. The Labute approximate surface area is 110 Å². The van der Waals surface area contributed by atoms with E-state index in [1.807, 2.05) is 18.2 Å². The number of nitrogens with one attached hydrogen (secondary N) is 1. The summed E-state index contributed by atoms with van der Waals surface area (Å²) in [6.45, 7) is 0. The first kappa shape index (κ1) is 11.7. The van der Waals surface area contributed by atoms with E-state index in [9.17, 15) is 9.59 Å². The number of aromatic nitrogens is 1. The molecule has 0 saturated carbocycles. The SMILES string of the molecule is COC(=O)c1cc2c([nH]c1=O)CCc1ccccc1-2. The second-order valence-electron chi connectivity index (χ2n) is 4.55. The molecule has 4 nitrogen and oxygen atoms in total. The fraction of sp³-hybridized carbons (Fsp3) is 0.200. The van der Waals surface area contributed by atoms with Gasteiger partial charge in [0.05, 0.1) is 7.11 Å². The van der Waals surface area contributed by atoms with E-state index < -0.39 is 5.97 Å². The summed E-state index contributed by atoms with van der Waals surface area (Å²) < 4.78 is 4.64. The summed E-state index contributed by atoms with van der Waals surface area (Å²) in [5, 5.41) is 0. The third-order valence-electron chi connectivity index (χ3n) is 3.48. The van der Waals surface area contributed by atoms with E-state index in [4.69, 9.17) is 0 Å². The Morgan fingerprint density at radius 1 is 1.21 bits per heavy atom. The number of esters is 1. The van der Waals surface area contributed by atoms with Crippen LogP contribution in [-0.2, 0) is 17.6 Å². The van der Waals surface area contributed by atoms with Gasteiger partial charge in [-0.05, 0) is 30.0 Å². The zero-order valence-corrected chi connectivity index (χ0v) is 10.5. The van der Waals surface area contributed by atoms with E-state index in [-0.39, 0.29) is 11.1 Å². The Kier molecular flexibility index (Phi) is 2.71. The monoisotopic (exact) mass is 255 g/mol. The van der Waals surface area contributed by atoms with Gasteiger partial charge in [0, 0.05) is 11.3 Å². The topological polar surface area (TPSA) is 59.2 Å². The lowest BCUT2D eigenvalue weighted by Gasteiger charge is -2.19. The van der Waals surface area contributed by atoms with Gasteiger partial charge in [0.1, 0.15) is 5.56 Å². The van der Waals surface area contributed by atoms with Crippen molar-refractivity contribution in [2.75, 3.05) is 7.11 Å². The van der Waals surface area contributed by atoms with E-state index >= 15 is 0 Å². The molecule has 1 N–H and O–H groups in total. The van der Waals surface area contributed by atoms with Crippen molar-refractivity contribution in [2.45, 2.75) is 12.8 Å². The first-order chi connectivity index (χ1) is 9.20. The Morgan fingerprint density at radius 2 is 2.00 bits per heavy atom. The van der Waals surface area contributed by atoms with Crippen LogP contribution in [0.3, 0.4) is 0 Å². The molecule has 0 radical (unpaired) electrons. The largest absolute Gasteiger partial charge is 0.465 e. The molecule has 0 bridgehead atoms. The molecule has 4 heteroatoms. The quantitative estimate of drug-likeness (QED) is 0.792. The molecule has 0 fully saturated rings. The summed E-state index contributed by atoms with van der Waals surface area (Å²) in [5.41, 5.74) is 3.78. The van der Waals surface area contributed by atoms with Crippen LogP contribution in [0.4, 0.5) is 0 Å². The summed E-state index contributed by atoms with van der Waals surface area (Å²) in [6.07, 6.45) is 1.68. The zero-order chi connectivity index (χ0) is 13.4. The number of fused-ring (bicyclic) bond motifs is 3. The third kappa shape index (κ3) is 1.85. The van der Waals surface area contributed by atoms with Crippen molar-refractivity contribution in [1.82, 2.24) is 4.98 Å². The molecule has 0 spiro atoms. The van der Waals surface area contributed by atoms with Crippen LogP contribution in [-0.4, -0.2) is 18.1 Å². The van der Waals surface area contributed by atoms with Gasteiger partial charge in [0.25, 0.3) is 5.56 Å². The number of benzene rings is 1. The minimum atomic E-state index is -0.605. The van der Waals surface area contributed by atoms with Crippen LogP contribution < -0.4 is 5.56 Å². The fourth-order valence-electron chi connectivity index (χ4n) is 2.53.